The minimum absolute atomic E-state index is 0.0553. The number of hydrogen-bond donors (Lipinski definition) is 1. The van der Waals surface area contributed by atoms with Crippen molar-refractivity contribution >= 4 is 27.3 Å². The van der Waals surface area contributed by atoms with Crippen LogP contribution in [-0.4, -0.2) is 28.0 Å². The Morgan fingerprint density at radius 1 is 1.00 bits per heavy atom. The van der Waals surface area contributed by atoms with Crippen LogP contribution >= 0.6 is 0 Å². The Labute approximate surface area is 159 Å². The molecule has 0 unspecified atom stereocenters. The van der Waals surface area contributed by atoms with E-state index < -0.39 is 10.0 Å². The van der Waals surface area contributed by atoms with E-state index in [-0.39, 0.29) is 10.8 Å². The quantitative estimate of drug-likeness (QED) is 0.857. The van der Waals surface area contributed by atoms with Crippen LogP contribution < -0.4 is 14.4 Å². The zero-order valence-corrected chi connectivity index (χ0v) is 16.0. The summed E-state index contributed by atoms with van der Waals surface area (Å²) in [4.78, 5) is 13.9. The predicted octanol–water partition coefficient (Wildman–Crippen LogP) is 3.11. The lowest BCUT2D eigenvalue weighted by atomic mass is 10.1. The van der Waals surface area contributed by atoms with Crippen molar-refractivity contribution in [3.63, 3.8) is 0 Å². The van der Waals surface area contributed by atoms with E-state index in [4.69, 9.17) is 4.74 Å². The lowest BCUT2D eigenvalue weighted by molar-refractivity contribution is -0.117. The second kappa shape index (κ2) is 6.88. The molecule has 2 aromatic rings. The van der Waals surface area contributed by atoms with Crippen molar-refractivity contribution in [2.24, 2.45) is 0 Å². The molecule has 0 aromatic heterocycles. The molecule has 1 aliphatic heterocycles. The number of amides is 1. The van der Waals surface area contributed by atoms with Crippen molar-refractivity contribution in [1.29, 1.82) is 0 Å². The van der Waals surface area contributed by atoms with Gasteiger partial charge in [-0.3, -0.25) is 9.52 Å². The summed E-state index contributed by atoms with van der Waals surface area (Å²) in [5.74, 6) is 0.527. The Bertz CT molecular complexity index is 1000. The highest BCUT2D eigenvalue weighted by atomic mass is 32.2. The molecule has 4 rings (SSSR count). The van der Waals surface area contributed by atoms with Crippen molar-refractivity contribution in [2.75, 3.05) is 23.3 Å². The van der Waals surface area contributed by atoms with Crippen LogP contribution in [0.2, 0.25) is 0 Å². The van der Waals surface area contributed by atoms with Gasteiger partial charge < -0.3 is 9.64 Å². The molecule has 27 heavy (non-hydrogen) atoms. The van der Waals surface area contributed by atoms with Crippen LogP contribution in [0.15, 0.2) is 41.3 Å². The third kappa shape index (κ3) is 3.39. The summed E-state index contributed by atoms with van der Waals surface area (Å²) >= 11 is 0. The maximum absolute atomic E-state index is 12.8. The van der Waals surface area contributed by atoms with Gasteiger partial charge in [0.2, 0.25) is 5.91 Å². The van der Waals surface area contributed by atoms with Gasteiger partial charge in [0, 0.05) is 19.0 Å². The number of benzene rings is 2. The third-order valence-corrected chi connectivity index (χ3v) is 6.56. The lowest BCUT2D eigenvalue weighted by Gasteiger charge is -2.20. The molecule has 7 heteroatoms. The van der Waals surface area contributed by atoms with Gasteiger partial charge in [-0.25, -0.2) is 8.42 Å². The first-order valence-electron chi connectivity index (χ1n) is 9.11. The van der Waals surface area contributed by atoms with Crippen molar-refractivity contribution in [2.45, 2.75) is 37.0 Å². The van der Waals surface area contributed by atoms with Crippen molar-refractivity contribution in [3.8, 4) is 5.75 Å². The fourth-order valence-electron chi connectivity index (χ4n) is 3.80. The maximum Gasteiger partial charge on any atom is 0.261 e. The molecule has 0 radical (unpaired) electrons. The van der Waals surface area contributed by atoms with Gasteiger partial charge in [-0.2, -0.15) is 0 Å². The summed E-state index contributed by atoms with van der Waals surface area (Å²) in [7, 11) is -2.18. The van der Waals surface area contributed by atoms with Gasteiger partial charge in [-0.15, -0.1) is 0 Å². The van der Waals surface area contributed by atoms with Gasteiger partial charge >= 0.3 is 0 Å². The first-order chi connectivity index (χ1) is 13.0. The number of nitrogens with one attached hydrogen (secondary N) is 1. The van der Waals surface area contributed by atoms with Gasteiger partial charge in [-0.1, -0.05) is 6.07 Å². The highest BCUT2D eigenvalue weighted by Gasteiger charge is 2.25. The van der Waals surface area contributed by atoms with E-state index in [0.717, 1.165) is 31.2 Å². The number of hydrogen-bond acceptors (Lipinski definition) is 4. The maximum atomic E-state index is 12.8. The molecule has 0 spiro atoms. The van der Waals surface area contributed by atoms with Crippen LogP contribution in [0.1, 0.15) is 30.4 Å². The summed E-state index contributed by atoms with van der Waals surface area (Å²) in [6, 6.07) is 10.3. The number of carbonyl (C=O) groups excluding carboxylic acids is 1. The summed E-state index contributed by atoms with van der Waals surface area (Å²) < 4.78 is 33.6. The van der Waals surface area contributed by atoms with Crippen LogP contribution in [0.3, 0.4) is 0 Å². The topological polar surface area (TPSA) is 75.7 Å². The first kappa shape index (κ1) is 17.9. The molecular weight excluding hydrogens is 364 g/mol. The minimum Gasteiger partial charge on any atom is -0.494 e. The van der Waals surface area contributed by atoms with Gasteiger partial charge in [0.15, 0.2) is 0 Å². The van der Waals surface area contributed by atoms with E-state index in [1.807, 2.05) is 6.07 Å². The second-order valence-corrected chi connectivity index (χ2v) is 8.61. The van der Waals surface area contributed by atoms with E-state index in [9.17, 15) is 13.2 Å². The highest BCUT2D eigenvalue weighted by Crippen LogP contribution is 2.34. The van der Waals surface area contributed by atoms with Crippen LogP contribution in [0.25, 0.3) is 0 Å². The number of methoxy groups -OCH3 is 1. The molecule has 2 aliphatic rings. The number of sulfonamides is 1. The largest absolute Gasteiger partial charge is 0.494 e. The third-order valence-electron chi connectivity index (χ3n) is 5.18. The van der Waals surface area contributed by atoms with E-state index in [1.54, 1.807) is 35.2 Å². The number of fused-ring (bicyclic) bond motifs is 1. The van der Waals surface area contributed by atoms with Crippen molar-refractivity contribution in [3.05, 3.63) is 47.5 Å². The van der Waals surface area contributed by atoms with Crippen LogP contribution in [0, 0.1) is 0 Å². The highest BCUT2D eigenvalue weighted by molar-refractivity contribution is 7.92. The van der Waals surface area contributed by atoms with Crippen molar-refractivity contribution < 1.29 is 17.9 Å². The Balaban J connectivity index is 1.61. The summed E-state index contributed by atoms with van der Waals surface area (Å²) in [5, 5.41) is 0. The molecule has 2 aromatic carbocycles. The number of nitrogens with zero attached hydrogens (tertiary/aromatic N) is 1. The smallest absolute Gasteiger partial charge is 0.261 e. The molecule has 0 saturated carbocycles. The molecule has 1 amide bonds. The number of carbonyl (C=O) groups is 1. The SMILES string of the molecule is COc1cc(NS(=O)(=O)c2ccc3c(c2)CCC3)ccc1N1CCCC1=O. The molecular formula is C20H22N2O4S. The van der Waals surface area contributed by atoms with Gasteiger partial charge in [0.25, 0.3) is 10.0 Å². The zero-order valence-electron chi connectivity index (χ0n) is 15.2. The Morgan fingerprint density at radius 2 is 1.81 bits per heavy atom. The fraction of sp³-hybridized carbons (Fsp3) is 0.350. The molecule has 1 heterocycles. The number of anilines is 2. The summed E-state index contributed by atoms with van der Waals surface area (Å²) in [5.41, 5.74) is 3.41. The molecule has 1 N–H and O–H groups in total. The molecule has 0 bridgehead atoms. The second-order valence-electron chi connectivity index (χ2n) is 6.93. The summed E-state index contributed by atoms with van der Waals surface area (Å²) in [6.07, 6.45) is 4.34. The van der Waals surface area contributed by atoms with E-state index in [2.05, 4.69) is 4.72 Å². The molecule has 1 saturated heterocycles. The zero-order chi connectivity index (χ0) is 19.0. The molecule has 1 aliphatic carbocycles. The van der Waals surface area contributed by atoms with Crippen LogP contribution in [-0.2, 0) is 27.7 Å². The molecule has 6 nitrogen and oxygen atoms in total. The van der Waals surface area contributed by atoms with Gasteiger partial charge in [0.1, 0.15) is 5.75 Å². The molecule has 0 atom stereocenters. The fourth-order valence-corrected chi connectivity index (χ4v) is 4.90. The monoisotopic (exact) mass is 386 g/mol. The minimum atomic E-state index is -3.69. The van der Waals surface area contributed by atoms with E-state index in [0.29, 0.717) is 30.1 Å². The Hall–Kier alpha value is -2.54. The van der Waals surface area contributed by atoms with E-state index >= 15 is 0 Å². The normalized spacial score (nSPS) is 16.5. The average molecular weight is 386 g/mol. The number of rotatable bonds is 5. The molecule has 1 fully saturated rings. The average Bonchev–Trinajstić information content (AvgIpc) is 3.29. The van der Waals surface area contributed by atoms with E-state index in [1.165, 1.54) is 12.7 Å². The van der Waals surface area contributed by atoms with Crippen LogP contribution in [0.5, 0.6) is 5.75 Å². The Morgan fingerprint density at radius 3 is 2.56 bits per heavy atom. The summed E-state index contributed by atoms with van der Waals surface area (Å²) in [6.45, 7) is 0.648. The van der Waals surface area contributed by atoms with Gasteiger partial charge in [-0.05, 0) is 61.1 Å². The standard InChI is InChI=1S/C20H22N2O4S/c1-26-19-13-16(8-10-18(19)22-11-3-6-20(22)23)21-27(24,25)17-9-7-14-4-2-5-15(14)12-17/h7-10,12-13,21H,2-6,11H2,1H3. The van der Waals surface area contributed by atoms with Crippen molar-refractivity contribution in [1.82, 2.24) is 0 Å². The predicted molar refractivity (Wildman–Crippen MR) is 104 cm³/mol. The lowest BCUT2D eigenvalue weighted by Crippen LogP contribution is -2.24. The van der Waals surface area contributed by atoms with Crippen LogP contribution in [0.4, 0.5) is 11.4 Å². The number of aryl methyl sites for hydroxylation is 2. The van der Waals surface area contributed by atoms with Gasteiger partial charge in [0.05, 0.1) is 23.4 Å². The molecule has 142 valence electrons. The Kier molecular flexibility index (Phi) is 4.55. The first-order valence-corrected chi connectivity index (χ1v) is 10.6. The number of ether oxygens (including phenoxy) is 1.